The lowest BCUT2D eigenvalue weighted by atomic mass is 10.1. The fourth-order valence-electron chi connectivity index (χ4n) is 2.20. The summed E-state index contributed by atoms with van der Waals surface area (Å²) < 4.78 is 20.8. The molecular formula is C18H27NO6. The minimum absolute atomic E-state index is 0.140. The molecule has 0 aliphatic rings. The Hall–Kier alpha value is -2.44. The van der Waals surface area contributed by atoms with Crippen LogP contribution in [0.5, 0.6) is 17.2 Å². The summed E-state index contributed by atoms with van der Waals surface area (Å²) >= 11 is 0. The molecule has 0 aliphatic carbocycles. The van der Waals surface area contributed by atoms with E-state index in [1.165, 1.54) is 21.3 Å². The third kappa shape index (κ3) is 6.91. The number of nitrogens with one attached hydrogen (secondary N) is 1. The molecular weight excluding hydrogens is 326 g/mol. The first-order valence-corrected chi connectivity index (χ1v) is 7.95. The third-order valence-corrected chi connectivity index (χ3v) is 3.22. The van der Waals surface area contributed by atoms with Crippen molar-refractivity contribution in [1.29, 1.82) is 0 Å². The first kappa shape index (κ1) is 20.6. The van der Waals surface area contributed by atoms with Gasteiger partial charge >= 0.3 is 5.97 Å². The van der Waals surface area contributed by atoms with Crippen molar-refractivity contribution < 1.29 is 28.5 Å². The van der Waals surface area contributed by atoms with Gasteiger partial charge in [0, 0.05) is 12.0 Å². The second-order valence-electron chi connectivity index (χ2n) is 6.49. The van der Waals surface area contributed by atoms with Crippen molar-refractivity contribution in [2.24, 2.45) is 0 Å². The summed E-state index contributed by atoms with van der Waals surface area (Å²) in [7, 11) is 4.59. The van der Waals surface area contributed by atoms with Crippen molar-refractivity contribution in [3.63, 3.8) is 0 Å². The van der Waals surface area contributed by atoms with Crippen LogP contribution < -0.4 is 19.5 Å². The zero-order chi connectivity index (χ0) is 19.0. The molecule has 0 spiro atoms. The number of amides is 1. The Bertz CT molecular complexity index is 581. The molecule has 0 radical (unpaired) electrons. The quantitative estimate of drug-likeness (QED) is 0.721. The van der Waals surface area contributed by atoms with E-state index in [0.29, 0.717) is 23.7 Å². The molecule has 0 bridgehead atoms. The van der Waals surface area contributed by atoms with Crippen LogP contribution in [0.25, 0.3) is 0 Å². The summed E-state index contributed by atoms with van der Waals surface area (Å²) in [6, 6.07) is 3.56. The number of carbonyl (C=O) groups is 2. The lowest BCUT2D eigenvalue weighted by Gasteiger charge is -2.20. The number of methoxy groups -OCH3 is 3. The van der Waals surface area contributed by atoms with Gasteiger partial charge in [0.1, 0.15) is 0 Å². The number of esters is 1. The van der Waals surface area contributed by atoms with Crippen molar-refractivity contribution in [1.82, 2.24) is 5.32 Å². The number of carbonyl (C=O) groups excluding carboxylic acids is 2. The van der Waals surface area contributed by atoms with Gasteiger partial charge in [0.2, 0.25) is 5.75 Å². The smallest absolute Gasteiger partial charge is 0.306 e. The van der Waals surface area contributed by atoms with E-state index in [1.807, 2.05) is 20.8 Å². The highest BCUT2D eigenvalue weighted by Gasteiger charge is 2.16. The number of aryl methyl sites for hydroxylation is 1. The van der Waals surface area contributed by atoms with Gasteiger partial charge in [-0.05, 0) is 44.9 Å². The largest absolute Gasteiger partial charge is 0.493 e. The molecule has 1 N–H and O–H groups in total. The Kier molecular flexibility index (Phi) is 7.54. The van der Waals surface area contributed by atoms with Gasteiger partial charge in [-0.15, -0.1) is 0 Å². The van der Waals surface area contributed by atoms with E-state index in [-0.39, 0.29) is 24.5 Å². The molecule has 0 heterocycles. The number of rotatable bonds is 8. The lowest BCUT2D eigenvalue weighted by molar-refractivity contribution is -0.148. The molecule has 0 atom stereocenters. The van der Waals surface area contributed by atoms with Crippen molar-refractivity contribution >= 4 is 11.9 Å². The average Bonchev–Trinajstić information content (AvgIpc) is 2.55. The van der Waals surface area contributed by atoms with E-state index < -0.39 is 5.97 Å². The fourth-order valence-corrected chi connectivity index (χ4v) is 2.20. The minimum Gasteiger partial charge on any atom is -0.493 e. The molecule has 1 aromatic carbocycles. The first-order chi connectivity index (χ1) is 11.7. The molecule has 7 heteroatoms. The van der Waals surface area contributed by atoms with Gasteiger partial charge in [-0.25, -0.2) is 0 Å². The zero-order valence-electron chi connectivity index (χ0n) is 15.7. The van der Waals surface area contributed by atoms with Crippen LogP contribution in [0, 0.1) is 0 Å². The number of hydrogen-bond donors (Lipinski definition) is 1. The van der Waals surface area contributed by atoms with Crippen LogP contribution in [0.1, 0.15) is 32.8 Å². The average molecular weight is 353 g/mol. The molecule has 1 aromatic rings. The normalized spacial score (nSPS) is 10.8. The standard InChI is InChI=1S/C18H27NO6/c1-18(2,3)19-15(20)11-25-16(21)8-7-12-9-13(22-4)17(24-6)14(10-12)23-5/h9-10H,7-8,11H2,1-6H3,(H,19,20). The van der Waals surface area contributed by atoms with Gasteiger partial charge in [-0.2, -0.15) is 0 Å². The van der Waals surface area contributed by atoms with Crippen LogP contribution in [0.4, 0.5) is 0 Å². The van der Waals surface area contributed by atoms with Crippen LogP contribution in [0.2, 0.25) is 0 Å². The maximum Gasteiger partial charge on any atom is 0.306 e. The molecule has 1 amide bonds. The molecule has 1 rings (SSSR count). The predicted molar refractivity (Wildman–Crippen MR) is 93.3 cm³/mol. The van der Waals surface area contributed by atoms with Crippen molar-refractivity contribution in [2.75, 3.05) is 27.9 Å². The molecule has 0 saturated carbocycles. The second-order valence-corrected chi connectivity index (χ2v) is 6.49. The van der Waals surface area contributed by atoms with E-state index in [0.717, 1.165) is 5.56 Å². The van der Waals surface area contributed by atoms with Gasteiger partial charge in [0.15, 0.2) is 18.1 Å². The third-order valence-electron chi connectivity index (χ3n) is 3.22. The molecule has 0 aliphatic heterocycles. The van der Waals surface area contributed by atoms with Gasteiger partial charge in [-0.1, -0.05) is 0 Å². The lowest BCUT2D eigenvalue weighted by Crippen LogP contribution is -2.42. The highest BCUT2D eigenvalue weighted by atomic mass is 16.5. The van der Waals surface area contributed by atoms with Crippen LogP contribution in [0.15, 0.2) is 12.1 Å². The number of benzene rings is 1. The topological polar surface area (TPSA) is 83.1 Å². The molecule has 0 unspecified atom stereocenters. The van der Waals surface area contributed by atoms with Crippen LogP contribution in [0.3, 0.4) is 0 Å². The number of hydrogen-bond acceptors (Lipinski definition) is 6. The van der Waals surface area contributed by atoms with Crippen LogP contribution >= 0.6 is 0 Å². The van der Waals surface area contributed by atoms with Crippen molar-refractivity contribution in [3.05, 3.63) is 17.7 Å². The van der Waals surface area contributed by atoms with E-state index in [9.17, 15) is 9.59 Å². The Balaban J connectivity index is 2.60. The highest BCUT2D eigenvalue weighted by molar-refractivity contribution is 5.81. The summed E-state index contributed by atoms with van der Waals surface area (Å²) in [5.74, 6) is 0.770. The van der Waals surface area contributed by atoms with E-state index in [4.69, 9.17) is 18.9 Å². The summed E-state index contributed by atoms with van der Waals surface area (Å²) in [6.45, 7) is 5.29. The van der Waals surface area contributed by atoms with E-state index in [2.05, 4.69) is 5.32 Å². The SMILES string of the molecule is COc1cc(CCC(=O)OCC(=O)NC(C)(C)C)cc(OC)c1OC. The van der Waals surface area contributed by atoms with E-state index in [1.54, 1.807) is 12.1 Å². The van der Waals surface area contributed by atoms with Gasteiger partial charge in [-0.3, -0.25) is 9.59 Å². The Morgan fingerprint density at radius 3 is 2.00 bits per heavy atom. The van der Waals surface area contributed by atoms with Gasteiger partial charge in [0.05, 0.1) is 21.3 Å². The molecule has 25 heavy (non-hydrogen) atoms. The Morgan fingerprint density at radius 1 is 1.00 bits per heavy atom. The Labute approximate surface area is 148 Å². The molecule has 0 fully saturated rings. The highest BCUT2D eigenvalue weighted by Crippen LogP contribution is 2.38. The Morgan fingerprint density at radius 2 is 1.56 bits per heavy atom. The minimum atomic E-state index is -0.446. The maximum atomic E-state index is 11.8. The summed E-state index contributed by atoms with van der Waals surface area (Å²) in [5, 5.41) is 2.73. The predicted octanol–water partition coefficient (Wildman–Crippen LogP) is 2.10. The van der Waals surface area contributed by atoms with Gasteiger partial charge < -0.3 is 24.3 Å². The van der Waals surface area contributed by atoms with Crippen LogP contribution in [-0.2, 0) is 20.7 Å². The van der Waals surface area contributed by atoms with Gasteiger partial charge in [0.25, 0.3) is 5.91 Å². The number of ether oxygens (including phenoxy) is 4. The fraction of sp³-hybridized carbons (Fsp3) is 0.556. The van der Waals surface area contributed by atoms with Crippen molar-refractivity contribution in [2.45, 2.75) is 39.2 Å². The first-order valence-electron chi connectivity index (χ1n) is 7.95. The monoisotopic (exact) mass is 353 g/mol. The molecule has 7 nitrogen and oxygen atoms in total. The van der Waals surface area contributed by atoms with Crippen molar-refractivity contribution in [3.8, 4) is 17.2 Å². The zero-order valence-corrected chi connectivity index (χ0v) is 15.7. The maximum absolute atomic E-state index is 11.8. The van der Waals surface area contributed by atoms with E-state index >= 15 is 0 Å². The van der Waals surface area contributed by atoms with Crippen LogP contribution in [-0.4, -0.2) is 45.4 Å². The summed E-state index contributed by atoms with van der Waals surface area (Å²) in [5.41, 5.74) is 0.477. The molecule has 0 aromatic heterocycles. The summed E-state index contributed by atoms with van der Waals surface area (Å²) in [6.07, 6.45) is 0.567. The molecule has 0 saturated heterocycles. The summed E-state index contributed by atoms with van der Waals surface area (Å²) in [4.78, 5) is 23.5. The second kappa shape index (κ2) is 9.15. The molecule has 140 valence electrons.